The van der Waals surface area contributed by atoms with Crippen LogP contribution in [-0.4, -0.2) is 5.75 Å². The SMILES string of the molecule is [CH2]CCCCCCS. The van der Waals surface area contributed by atoms with Crippen molar-refractivity contribution in [1.29, 1.82) is 0 Å². The van der Waals surface area contributed by atoms with Crippen LogP contribution in [0.3, 0.4) is 0 Å². The molecule has 0 fully saturated rings. The maximum atomic E-state index is 4.11. The van der Waals surface area contributed by atoms with E-state index in [1.54, 1.807) is 0 Å². The van der Waals surface area contributed by atoms with Gasteiger partial charge in [-0.05, 0) is 12.2 Å². The molecule has 1 heteroatoms. The van der Waals surface area contributed by atoms with Crippen molar-refractivity contribution in [2.75, 3.05) is 5.75 Å². The second-order valence-electron chi connectivity index (χ2n) is 1.99. The van der Waals surface area contributed by atoms with Gasteiger partial charge in [-0.2, -0.15) is 12.6 Å². The molecule has 0 bridgehead atoms. The van der Waals surface area contributed by atoms with E-state index in [0.717, 1.165) is 12.2 Å². The first-order chi connectivity index (χ1) is 3.91. The predicted octanol–water partition coefficient (Wildman–Crippen LogP) is 2.70. The molecule has 0 spiro atoms. The summed E-state index contributed by atoms with van der Waals surface area (Å²) in [6.07, 6.45) is 6.31. The summed E-state index contributed by atoms with van der Waals surface area (Å²) < 4.78 is 0. The first-order valence-corrected chi connectivity index (χ1v) is 3.95. The Balaban J connectivity index is 2.53. The third kappa shape index (κ3) is 6.35. The van der Waals surface area contributed by atoms with E-state index < -0.39 is 0 Å². The summed E-state index contributed by atoms with van der Waals surface area (Å²) in [6.45, 7) is 3.76. The molecule has 0 N–H and O–H groups in total. The molecule has 49 valence electrons. The molecule has 0 unspecified atom stereocenters. The molecular weight excluding hydrogens is 116 g/mol. The van der Waals surface area contributed by atoms with Gasteiger partial charge >= 0.3 is 0 Å². The van der Waals surface area contributed by atoms with E-state index in [0.29, 0.717) is 0 Å². The van der Waals surface area contributed by atoms with Crippen molar-refractivity contribution in [3.05, 3.63) is 6.92 Å². The molecule has 0 aliphatic carbocycles. The third-order valence-corrected chi connectivity index (χ3v) is 1.47. The summed E-state index contributed by atoms with van der Waals surface area (Å²) in [4.78, 5) is 0. The Kier molecular flexibility index (Phi) is 7.67. The van der Waals surface area contributed by atoms with E-state index in [2.05, 4.69) is 19.6 Å². The van der Waals surface area contributed by atoms with E-state index in [1.807, 2.05) is 0 Å². The summed E-state index contributed by atoms with van der Waals surface area (Å²) in [5.74, 6) is 1.04. The number of unbranched alkanes of at least 4 members (excludes halogenated alkanes) is 4. The Morgan fingerprint density at radius 1 is 1.00 bits per heavy atom. The lowest BCUT2D eigenvalue weighted by Gasteiger charge is -1.93. The van der Waals surface area contributed by atoms with Crippen LogP contribution in [-0.2, 0) is 0 Å². The van der Waals surface area contributed by atoms with E-state index >= 15 is 0 Å². The van der Waals surface area contributed by atoms with Gasteiger partial charge in [-0.25, -0.2) is 0 Å². The lowest BCUT2D eigenvalue weighted by atomic mass is 10.2. The average molecular weight is 131 g/mol. The standard InChI is InChI=1S/C7H15S/c1-2-3-4-5-6-7-8/h8H,1-7H2. The summed E-state index contributed by atoms with van der Waals surface area (Å²) in [5, 5.41) is 0. The number of hydrogen-bond donors (Lipinski definition) is 1. The number of hydrogen-bond acceptors (Lipinski definition) is 1. The molecule has 0 aliphatic rings. The molecule has 0 atom stereocenters. The smallest absolute Gasteiger partial charge is 0.00979 e. The highest BCUT2D eigenvalue weighted by molar-refractivity contribution is 7.80. The van der Waals surface area contributed by atoms with Crippen molar-refractivity contribution < 1.29 is 0 Å². The molecule has 0 aromatic heterocycles. The second kappa shape index (κ2) is 7.35. The molecule has 1 radical (unpaired) electrons. The van der Waals surface area contributed by atoms with Crippen LogP contribution in [0.25, 0.3) is 0 Å². The van der Waals surface area contributed by atoms with Crippen LogP contribution in [0.4, 0.5) is 0 Å². The van der Waals surface area contributed by atoms with Gasteiger partial charge in [-0.1, -0.05) is 32.6 Å². The Morgan fingerprint density at radius 3 is 2.12 bits per heavy atom. The quantitative estimate of drug-likeness (QED) is 0.430. The maximum absolute atomic E-state index is 4.11. The highest BCUT2D eigenvalue weighted by Crippen LogP contribution is 2.01. The molecule has 0 aromatic carbocycles. The Labute approximate surface area is 58.1 Å². The normalized spacial score (nSPS) is 9.75. The Bertz CT molecular complexity index is 29.4. The van der Waals surface area contributed by atoms with Crippen molar-refractivity contribution >= 4 is 12.6 Å². The number of rotatable bonds is 5. The van der Waals surface area contributed by atoms with Gasteiger partial charge in [0.25, 0.3) is 0 Å². The molecule has 0 heterocycles. The van der Waals surface area contributed by atoms with Gasteiger partial charge in [0, 0.05) is 0 Å². The van der Waals surface area contributed by atoms with Gasteiger partial charge < -0.3 is 0 Å². The average Bonchev–Trinajstić information content (AvgIpc) is 1.81. The van der Waals surface area contributed by atoms with Crippen molar-refractivity contribution in [2.45, 2.75) is 32.1 Å². The van der Waals surface area contributed by atoms with Gasteiger partial charge in [0.15, 0.2) is 0 Å². The van der Waals surface area contributed by atoms with Gasteiger partial charge in [0.05, 0.1) is 0 Å². The molecule has 0 aromatic rings. The van der Waals surface area contributed by atoms with Crippen LogP contribution in [0.5, 0.6) is 0 Å². The molecule has 0 rings (SSSR count). The van der Waals surface area contributed by atoms with E-state index in [9.17, 15) is 0 Å². The highest BCUT2D eigenvalue weighted by Gasteiger charge is 1.83. The summed E-state index contributed by atoms with van der Waals surface area (Å²) >= 11 is 4.11. The fraction of sp³-hybridized carbons (Fsp3) is 0.857. The van der Waals surface area contributed by atoms with Crippen LogP contribution < -0.4 is 0 Å². The zero-order chi connectivity index (χ0) is 6.24. The van der Waals surface area contributed by atoms with Gasteiger partial charge in [0.2, 0.25) is 0 Å². The molecule has 8 heavy (non-hydrogen) atoms. The second-order valence-corrected chi connectivity index (χ2v) is 2.44. The lowest BCUT2D eigenvalue weighted by molar-refractivity contribution is 0.678. The minimum Gasteiger partial charge on any atom is -0.179 e. The van der Waals surface area contributed by atoms with Crippen LogP contribution in [0, 0.1) is 6.92 Å². The van der Waals surface area contributed by atoms with E-state index in [1.165, 1.54) is 25.7 Å². The van der Waals surface area contributed by atoms with E-state index in [-0.39, 0.29) is 0 Å². The summed E-state index contributed by atoms with van der Waals surface area (Å²) in [5.41, 5.74) is 0. The molecular formula is C7H15S. The highest BCUT2D eigenvalue weighted by atomic mass is 32.1. The van der Waals surface area contributed by atoms with Crippen LogP contribution >= 0.6 is 12.6 Å². The number of thiol groups is 1. The lowest BCUT2D eigenvalue weighted by Crippen LogP contribution is -1.76. The fourth-order valence-corrected chi connectivity index (χ4v) is 0.866. The van der Waals surface area contributed by atoms with Crippen LogP contribution in [0.1, 0.15) is 32.1 Å². The first kappa shape index (κ1) is 8.35. The zero-order valence-electron chi connectivity index (χ0n) is 5.40. The van der Waals surface area contributed by atoms with Crippen LogP contribution in [0.15, 0.2) is 0 Å². The summed E-state index contributed by atoms with van der Waals surface area (Å²) in [7, 11) is 0. The van der Waals surface area contributed by atoms with Gasteiger partial charge in [-0.3, -0.25) is 0 Å². The van der Waals surface area contributed by atoms with Crippen molar-refractivity contribution in [3.8, 4) is 0 Å². The minimum atomic E-state index is 1.04. The Morgan fingerprint density at radius 2 is 1.62 bits per heavy atom. The molecule has 0 amide bonds. The monoisotopic (exact) mass is 131 g/mol. The Hall–Kier alpha value is 0.350. The van der Waals surface area contributed by atoms with Crippen molar-refractivity contribution in [3.63, 3.8) is 0 Å². The predicted molar refractivity (Wildman–Crippen MR) is 42.3 cm³/mol. The largest absolute Gasteiger partial charge is 0.179 e. The minimum absolute atomic E-state index is 1.04. The summed E-state index contributed by atoms with van der Waals surface area (Å²) in [6, 6.07) is 0. The maximum Gasteiger partial charge on any atom is -0.00979 e. The third-order valence-electron chi connectivity index (χ3n) is 1.16. The van der Waals surface area contributed by atoms with Crippen molar-refractivity contribution in [1.82, 2.24) is 0 Å². The first-order valence-electron chi connectivity index (χ1n) is 3.32. The fourth-order valence-electron chi connectivity index (χ4n) is 0.642. The van der Waals surface area contributed by atoms with Gasteiger partial charge in [0.1, 0.15) is 0 Å². The molecule has 0 saturated carbocycles. The topological polar surface area (TPSA) is 0 Å². The van der Waals surface area contributed by atoms with Crippen LogP contribution in [0.2, 0.25) is 0 Å². The molecule has 0 aliphatic heterocycles. The molecule has 0 saturated heterocycles. The van der Waals surface area contributed by atoms with Gasteiger partial charge in [-0.15, -0.1) is 0 Å². The van der Waals surface area contributed by atoms with Crippen molar-refractivity contribution in [2.24, 2.45) is 0 Å². The molecule has 0 nitrogen and oxygen atoms in total. The van der Waals surface area contributed by atoms with E-state index in [4.69, 9.17) is 0 Å². The zero-order valence-corrected chi connectivity index (χ0v) is 6.29.